The van der Waals surface area contributed by atoms with Gasteiger partial charge >= 0.3 is 0 Å². The molecule has 1 aromatic rings. The molecule has 1 aromatic heterocycles. The van der Waals surface area contributed by atoms with E-state index < -0.39 is 5.60 Å². The standard InChI is InChI=1S/C12H22N4O2/c1-12(2,17)4-5-16-7-9(18-3)6-10(16)11-13-8-14-15-11/h8-10,17H,4-7H2,1-3H3,(H,13,14,15)/t9-,10+/m1/s1. The number of likely N-dealkylation sites (tertiary alicyclic amines) is 1. The van der Waals surface area contributed by atoms with Crippen molar-refractivity contribution in [1.82, 2.24) is 20.1 Å². The first kappa shape index (κ1) is 13.5. The summed E-state index contributed by atoms with van der Waals surface area (Å²) < 4.78 is 5.44. The van der Waals surface area contributed by atoms with Gasteiger partial charge in [-0.15, -0.1) is 0 Å². The lowest BCUT2D eigenvalue weighted by Crippen LogP contribution is -2.32. The van der Waals surface area contributed by atoms with E-state index in [0.717, 1.165) is 31.8 Å². The molecule has 0 saturated carbocycles. The van der Waals surface area contributed by atoms with Crippen LogP contribution < -0.4 is 0 Å². The summed E-state index contributed by atoms with van der Waals surface area (Å²) in [7, 11) is 1.74. The van der Waals surface area contributed by atoms with Crippen molar-refractivity contribution in [2.45, 2.75) is 44.4 Å². The zero-order chi connectivity index (χ0) is 13.2. The van der Waals surface area contributed by atoms with E-state index in [0.29, 0.717) is 0 Å². The quantitative estimate of drug-likeness (QED) is 0.810. The van der Waals surface area contributed by atoms with Crippen LogP contribution in [0.15, 0.2) is 6.33 Å². The Bertz CT molecular complexity index is 361. The van der Waals surface area contributed by atoms with Crippen LogP contribution in [0, 0.1) is 0 Å². The van der Waals surface area contributed by atoms with Gasteiger partial charge in [-0.05, 0) is 26.7 Å². The Labute approximate surface area is 107 Å². The van der Waals surface area contributed by atoms with E-state index in [2.05, 4.69) is 20.1 Å². The molecule has 2 N–H and O–H groups in total. The van der Waals surface area contributed by atoms with Crippen molar-refractivity contribution in [1.29, 1.82) is 0 Å². The fourth-order valence-electron chi connectivity index (χ4n) is 2.36. The molecule has 102 valence electrons. The van der Waals surface area contributed by atoms with Crippen molar-refractivity contribution in [3.8, 4) is 0 Å². The average Bonchev–Trinajstić information content (AvgIpc) is 2.94. The van der Waals surface area contributed by atoms with E-state index in [9.17, 15) is 5.11 Å². The van der Waals surface area contributed by atoms with Crippen LogP contribution in [0.1, 0.15) is 38.6 Å². The van der Waals surface area contributed by atoms with Gasteiger partial charge in [-0.25, -0.2) is 4.98 Å². The molecular weight excluding hydrogens is 232 g/mol. The third-order valence-electron chi connectivity index (χ3n) is 3.46. The summed E-state index contributed by atoms with van der Waals surface area (Å²) in [6.07, 6.45) is 3.40. The highest BCUT2D eigenvalue weighted by Crippen LogP contribution is 2.31. The highest BCUT2D eigenvalue weighted by molar-refractivity contribution is 4.99. The molecular formula is C12H22N4O2. The Morgan fingerprint density at radius 2 is 2.39 bits per heavy atom. The summed E-state index contributed by atoms with van der Waals surface area (Å²) in [5.41, 5.74) is -0.642. The van der Waals surface area contributed by atoms with Crippen LogP contribution in [0.3, 0.4) is 0 Å². The minimum absolute atomic E-state index is 0.208. The monoisotopic (exact) mass is 254 g/mol. The van der Waals surface area contributed by atoms with Crippen molar-refractivity contribution < 1.29 is 9.84 Å². The number of nitrogens with zero attached hydrogens (tertiary/aromatic N) is 3. The number of nitrogens with one attached hydrogen (secondary N) is 1. The number of hydrogen-bond donors (Lipinski definition) is 2. The van der Waals surface area contributed by atoms with Crippen molar-refractivity contribution in [2.24, 2.45) is 0 Å². The van der Waals surface area contributed by atoms with Crippen LogP contribution in [0.25, 0.3) is 0 Å². The van der Waals surface area contributed by atoms with Gasteiger partial charge in [-0.1, -0.05) is 0 Å². The van der Waals surface area contributed by atoms with Gasteiger partial charge in [0.05, 0.1) is 17.7 Å². The largest absolute Gasteiger partial charge is 0.390 e. The lowest BCUT2D eigenvalue weighted by Gasteiger charge is -2.26. The molecule has 0 aliphatic carbocycles. The van der Waals surface area contributed by atoms with Crippen LogP contribution in [0.2, 0.25) is 0 Å². The van der Waals surface area contributed by atoms with Crippen LogP contribution in [-0.4, -0.2) is 57.1 Å². The predicted octanol–water partition coefficient (Wildman–Crippen LogP) is 0.728. The van der Waals surface area contributed by atoms with Gasteiger partial charge in [0.25, 0.3) is 0 Å². The molecule has 1 fully saturated rings. The molecule has 1 saturated heterocycles. The first-order valence-corrected chi connectivity index (χ1v) is 6.34. The first-order valence-electron chi connectivity index (χ1n) is 6.34. The fourth-order valence-corrected chi connectivity index (χ4v) is 2.36. The number of methoxy groups -OCH3 is 1. The second kappa shape index (κ2) is 5.34. The van der Waals surface area contributed by atoms with Gasteiger partial charge in [0.15, 0.2) is 0 Å². The Morgan fingerprint density at radius 3 is 2.94 bits per heavy atom. The van der Waals surface area contributed by atoms with Crippen molar-refractivity contribution in [3.63, 3.8) is 0 Å². The van der Waals surface area contributed by atoms with Gasteiger partial charge in [0.1, 0.15) is 12.2 Å². The van der Waals surface area contributed by atoms with E-state index >= 15 is 0 Å². The molecule has 6 nitrogen and oxygen atoms in total. The molecule has 0 radical (unpaired) electrons. The van der Waals surface area contributed by atoms with Crippen molar-refractivity contribution in [3.05, 3.63) is 12.2 Å². The molecule has 2 heterocycles. The maximum Gasteiger partial charge on any atom is 0.141 e. The van der Waals surface area contributed by atoms with E-state index in [-0.39, 0.29) is 12.1 Å². The predicted molar refractivity (Wildman–Crippen MR) is 67.0 cm³/mol. The average molecular weight is 254 g/mol. The summed E-state index contributed by atoms with van der Waals surface area (Å²) >= 11 is 0. The summed E-state index contributed by atoms with van der Waals surface area (Å²) in [6.45, 7) is 5.37. The van der Waals surface area contributed by atoms with E-state index in [1.165, 1.54) is 6.33 Å². The maximum absolute atomic E-state index is 9.82. The maximum atomic E-state index is 9.82. The van der Waals surface area contributed by atoms with Crippen LogP contribution in [0.4, 0.5) is 0 Å². The number of aliphatic hydroxyl groups is 1. The minimum atomic E-state index is -0.642. The molecule has 0 unspecified atom stereocenters. The van der Waals surface area contributed by atoms with Crippen LogP contribution >= 0.6 is 0 Å². The number of hydrogen-bond acceptors (Lipinski definition) is 5. The zero-order valence-electron chi connectivity index (χ0n) is 11.3. The van der Waals surface area contributed by atoms with Crippen LogP contribution in [-0.2, 0) is 4.74 Å². The summed E-state index contributed by atoms with van der Waals surface area (Å²) in [5, 5.41) is 16.7. The third kappa shape index (κ3) is 3.28. The van der Waals surface area contributed by atoms with E-state index in [4.69, 9.17) is 4.74 Å². The lowest BCUT2D eigenvalue weighted by atomic mass is 10.1. The SMILES string of the molecule is CO[C@@H]1C[C@@H](c2ncn[nH]2)N(CCC(C)(C)O)C1. The fraction of sp³-hybridized carbons (Fsp3) is 0.833. The Hall–Kier alpha value is -0.980. The van der Waals surface area contributed by atoms with Gasteiger partial charge in [0.2, 0.25) is 0 Å². The number of rotatable bonds is 5. The molecule has 6 heteroatoms. The Morgan fingerprint density at radius 1 is 1.61 bits per heavy atom. The van der Waals surface area contributed by atoms with Crippen LogP contribution in [0.5, 0.6) is 0 Å². The lowest BCUT2D eigenvalue weighted by molar-refractivity contribution is 0.0522. The van der Waals surface area contributed by atoms with Crippen molar-refractivity contribution in [2.75, 3.05) is 20.2 Å². The highest BCUT2D eigenvalue weighted by atomic mass is 16.5. The number of aromatic nitrogens is 3. The topological polar surface area (TPSA) is 74.3 Å². The second-order valence-corrected chi connectivity index (χ2v) is 5.54. The molecule has 1 aliphatic heterocycles. The molecule has 18 heavy (non-hydrogen) atoms. The number of ether oxygens (including phenoxy) is 1. The molecule has 0 spiro atoms. The minimum Gasteiger partial charge on any atom is -0.390 e. The molecule has 0 amide bonds. The van der Waals surface area contributed by atoms with Gasteiger partial charge in [-0.2, -0.15) is 5.10 Å². The number of H-pyrrole nitrogens is 1. The third-order valence-corrected chi connectivity index (χ3v) is 3.46. The van der Waals surface area contributed by atoms with Gasteiger partial charge < -0.3 is 9.84 Å². The highest BCUT2D eigenvalue weighted by Gasteiger charge is 2.35. The molecule has 2 atom stereocenters. The summed E-state index contributed by atoms with van der Waals surface area (Å²) in [6, 6.07) is 0.208. The molecule has 0 bridgehead atoms. The first-order chi connectivity index (χ1) is 8.49. The molecule has 2 rings (SSSR count). The Balaban J connectivity index is 2.01. The smallest absolute Gasteiger partial charge is 0.141 e. The summed E-state index contributed by atoms with van der Waals surface area (Å²) in [5.74, 6) is 0.880. The number of aromatic amines is 1. The zero-order valence-corrected chi connectivity index (χ0v) is 11.3. The van der Waals surface area contributed by atoms with Gasteiger partial charge in [0, 0.05) is 20.2 Å². The van der Waals surface area contributed by atoms with Gasteiger partial charge in [-0.3, -0.25) is 10.00 Å². The summed E-state index contributed by atoms with van der Waals surface area (Å²) in [4.78, 5) is 6.53. The normalized spacial score (nSPS) is 25.8. The van der Waals surface area contributed by atoms with Crippen molar-refractivity contribution >= 4 is 0 Å². The molecule has 0 aromatic carbocycles. The van der Waals surface area contributed by atoms with E-state index in [1.54, 1.807) is 7.11 Å². The Kier molecular flexibility index (Phi) is 3.99. The van der Waals surface area contributed by atoms with E-state index in [1.807, 2.05) is 13.8 Å². The second-order valence-electron chi connectivity index (χ2n) is 5.54. The molecule has 1 aliphatic rings.